The van der Waals surface area contributed by atoms with Gasteiger partial charge in [0.15, 0.2) is 0 Å². The van der Waals surface area contributed by atoms with Crippen LogP contribution in [-0.2, 0) is 16.1 Å². The number of aliphatic hydroxyl groups is 1. The average Bonchev–Trinajstić information content (AvgIpc) is 2.72. The number of carbonyl (C=O) groups excluding carboxylic acids is 1. The van der Waals surface area contributed by atoms with E-state index >= 15 is 0 Å². The maximum absolute atomic E-state index is 12.4. The third-order valence-electron chi connectivity index (χ3n) is 5.36. The number of hydrogen-bond donors (Lipinski definition) is 2. The van der Waals surface area contributed by atoms with Crippen molar-refractivity contribution in [2.45, 2.75) is 58.5 Å². The third kappa shape index (κ3) is 6.79. The minimum absolute atomic E-state index is 0.0405. The molecule has 1 amide bonds. The number of carbonyl (C=O) groups is 1. The highest BCUT2D eigenvalue weighted by Gasteiger charge is 2.29. The molecule has 1 aliphatic heterocycles. The van der Waals surface area contributed by atoms with E-state index in [1.807, 2.05) is 37.3 Å². The van der Waals surface area contributed by atoms with Crippen molar-refractivity contribution in [3.63, 3.8) is 0 Å². The molecule has 0 saturated carbocycles. The first-order chi connectivity index (χ1) is 13.0. The van der Waals surface area contributed by atoms with Crippen molar-refractivity contribution in [2.24, 2.45) is 5.92 Å². The normalized spacial score (nSPS) is 19.7. The third-order valence-corrected chi connectivity index (χ3v) is 5.36. The lowest BCUT2D eigenvalue weighted by atomic mass is 9.96. The number of nitrogens with one attached hydrogen (secondary N) is 1. The SMILES string of the molecule is CCC(CC)C(O)CNC(C)C1CN(C(=O)OCc2ccccc2)CCO1. The Bertz CT molecular complexity index is 550. The molecular weight excluding hydrogens is 344 g/mol. The molecule has 2 N–H and O–H groups in total. The molecule has 6 nitrogen and oxygen atoms in total. The van der Waals surface area contributed by atoms with Gasteiger partial charge in [0.1, 0.15) is 6.61 Å². The van der Waals surface area contributed by atoms with Gasteiger partial charge in [0, 0.05) is 19.1 Å². The second-order valence-corrected chi connectivity index (χ2v) is 7.24. The van der Waals surface area contributed by atoms with E-state index in [1.165, 1.54) is 0 Å². The Balaban J connectivity index is 1.77. The van der Waals surface area contributed by atoms with Gasteiger partial charge in [-0.2, -0.15) is 0 Å². The fourth-order valence-electron chi connectivity index (χ4n) is 3.39. The molecular formula is C21H34N2O4. The molecule has 1 fully saturated rings. The monoisotopic (exact) mass is 378 g/mol. The van der Waals surface area contributed by atoms with Crippen LogP contribution < -0.4 is 5.32 Å². The lowest BCUT2D eigenvalue weighted by Gasteiger charge is -2.36. The smallest absolute Gasteiger partial charge is 0.410 e. The molecule has 152 valence electrons. The Morgan fingerprint density at radius 2 is 2.04 bits per heavy atom. The first-order valence-corrected chi connectivity index (χ1v) is 10.0. The highest BCUT2D eigenvalue weighted by atomic mass is 16.6. The standard InChI is InChI=1S/C21H34N2O4/c1-4-18(5-2)19(24)13-22-16(3)20-14-23(11-12-26-20)21(25)27-15-17-9-7-6-8-10-17/h6-10,16,18-20,22,24H,4-5,11-15H2,1-3H3. The van der Waals surface area contributed by atoms with E-state index in [9.17, 15) is 9.90 Å². The van der Waals surface area contributed by atoms with Crippen LogP contribution in [0, 0.1) is 5.92 Å². The molecule has 2 rings (SSSR count). The molecule has 0 radical (unpaired) electrons. The number of aliphatic hydroxyl groups excluding tert-OH is 1. The summed E-state index contributed by atoms with van der Waals surface area (Å²) in [6.45, 7) is 8.56. The number of amides is 1. The van der Waals surface area contributed by atoms with Gasteiger partial charge in [0.25, 0.3) is 0 Å². The van der Waals surface area contributed by atoms with E-state index in [1.54, 1.807) is 4.90 Å². The van der Waals surface area contributed by atoms with Crippen molar-refractivity contribution in [2.75, 3.05) is 26.2 Å². The van der Waals surface area contributed by atoms with Gasteiger partial charge in [-0.15, -0.1) is 0 Å². The fraction of sp³-hybridized carbons (Fsp3) is 0.667. The topological polar surface area (TPSA) is 71.0 Å². The van der Waals surface area contributed by atoms with Crippen molar-refractivity contribution in [3.05, 3.63) is 35.9 Å². The molecule has 6 heteroatoms. The molecule has 1 aromatic carbocycles. The molecule has 0 spiro atoms. The van der Waals surface area contributed by atoms with Crippen LogP contribution in [0.4, 0.5) is 4.79 Å². The van der Waals surface area contributed by atoms with Crippen LogP contribution in [0.5, 0.6) is 0 Å². The van der Waals surface area contributed by atoms with Gasteiger partial charge in [-0.1, -0.05) is 57.0 Å². The van der Waals surface area contributed by atoms with Crippen LogP contribution in [0.2, 0.25) is 0 Å². The van der Waals surface area contributed by atoms with Crippen molar-refractivity contribution in [1.29, 1.82) is 0 Å². The van der Waals surface area contributed by atoms with E-state index in [4.69, 9.17) is 9.47 Å². The zero-order valence-corrected chi connectivity index (χ0v) is 16.8. The number of nitrogens with zero attached hydrogens (tertiary/aromatic N) is 1. The predicted octanol–water partition coefficient (Wildman–Crippen LogP) is 2.80. The summed E-state index contributed by atoms with van der Waals surface area (Å²) in [6.07, 6.45) is 1.15. The van der Waals surface area contributed by atoms with Crippen molar-refractivity contribution < 1.29 is 19.4 Å². The summed E-state index contributed by atoms with van der Waals surface area (Å²) in [5.74, 6) is 0.307. The zero-order valence-electron chi connectivity index (χ0n) is 16.8. The lowest BCUT2D eigenvalue weighted by Crippen LogP contribution is -2.53. The van der Waals surface area contributed by atoms with Crippen molar-refractivity contribution >= 4 is 6.09 Å². The maximum atomic E-state index is 12.4. The summed E-state index contributed by atoms with van der Waals surface area (Å²) in [5.41, 5.74) is 0.973. The Labute approximate surface area is 162 Å². The van der Waals surface area contributed by atoms with Gasteiger partial charge in [-0.05, 0) is 18.4 Å². The van der Waals surface area contributed by atoms with Gasteiger partial charge in [0.05, 0.1) is 25.4 Å². The Morgan fingerprint density at radius 3 is 2.70 bits per heavy atom. The molecule has 1 heterocycles. The number of hydrogen-bond acceptors (Lipinski definition) is 5. The Kier molecular flexibility index (Phi) is 9.04. The summed E-state index contributed by atoms with van der Waals surface area (Å²) >= 11 is 0. The second-order valence-electron chi connectivity index (χ2n) is 7.24. The summed E-state index contributed by atoms with van der Waals surface area (Å²) < 4.78 is 11.3. The zero-order chi connectivity index (χ0) is 19.6. The molecule has 0 aliphatic carbocycles. The van der Waals surface area contributed by atoms with Gasteiger partial charge < -0.3 is 24.8 Å². The molecule has 0 aromatic heterocycles. The predicted molar refractivity (Wildman–Crippen MR) is 105 cm³/mol. The summed E-state index contributed by atoms with van der Waals surface area (Å²) in [4.78, 5) is 14.1. The van der Waals surface area contributed by atoms with Crippen LogP contribution in [-0.4, -0.2) is 60.6 Å². The second kappa shape index (κ2) is 11.3. The first-order valence-electron chi connectivity index (χ1n) is 10.0. The van der Waals surface area contributed by atoms with Gasteiger partial charge in [-0.3, -0.25) is 0 Å². The average molecular weight is 379 g/mol. The molecule has 3 unspecified atom stereocenters. The molecule has 1 aromatic rings. The van der Waals surface area contributed by atoms with Crippen molar-refractivity contribution in [1.82, 2.24) is 10.2 Å². The van der Waals surface area contributed by atoms with Crippen molar-refractivity contribution in [3.8, 4) is 0 Å². The van der Waals surface area contributed by atoms with Crippen LogP contribution >= 0.6 is 0 Å². The maximum Gasteiger partial charge on any atom is 0.410 e. The largest absolute Gasteiger partial charge is 0.445 e. The van der Waals surface area contributed by atoms with Gasteiger partial charge >= 0.3 is 6.09 Å². The molecule has 27 heavy (non-hydrogen) atoms. The minimum Gasteiger partial charge on any atom is -0.445 e. The van der Waals surface area contributed by atoms with Crippen LogP contribution in [0.1, 0.15) is 39.2 Å². The highest BCUT2D eigenvalue weighted by Crippen LogP contribution is 2.14. The van der Waals surface area contributed by atoms with Crippen LogP contribution in [0.3, 0.4) is 0 Å². The highest BCUT2D eigenvalue weighted by molar-refractivity contribution is 5.67. The van der Waals surface area contributed by atoms with E-state index in [-0.39, 0.29) is 30.9 Å². The summed E-state index contributed by atoms with van der Waals surface area (Å²) in [5, 5.41) is 13.7. The van der Waals surface area contributed by atoms with E-state index in [0.717, 1.165) is 18.4 Å². The van der Waals surface area contributed by atoms with E-state index in [2.05, 4.69) is 19.2 Å². The Hall–Kier alpha value is -1.63. The van der Waals surface area contributed by atoms with E-state index in [0.29, 0.717) is 32.2 Å². The van der Waals surface area contributed by atoms with Crippen LogP contribution in [0.25, 0.3) is 0 Å². The van der Waals surface area contributed by atoms with Gasteiger partial charge in [0.2, 0.25) is 0 Å². The quantitative estimate of drug-likeness (QED) is 0.691. The lowest BCUT2D eigenvalue weighted by molar-refractivity contribution is -0.0437. The molecule has 3 atom stereocenters. The van der Waals surface area contributed by atoms with Gasteiger partial charge in [-0.25, -0.2) is 4.79 Å². The minimum atomic E-state index is -0.363. The summed E-state index contributed by atoms with van der Waals surface area (Å²) in [6, 6.07) is 9.71. The number of rotatable bonds is 9. The first kappa shape index (κ1) is 21.7. The summed E-state index contributed by atoms with van der Waals surface area (Å²) in [7, 11) is 0. The Morgan fingerprint density at radius 1 is 1.33 bits per heavy atom. The number of morpholine rings is 1. The van der Waals surface area contributed by atoms with E-state index < -0.39 is 0 Å². The molecule has 0 bridgehead atoms. The molecule has 1 aliphatic rings. The number of benzene rings is 1. The van der Waals surface area contributed by atoms with Crippen LogP contribution in [0.15, 0.2) is 30.3 Å². The molecule has 1 saturated heterocycles. The fourth-order valence-corrected chi connectivity index (χ4v) is 3.39. The number of ether oxygens (including phenoxy) is 2.